The Balaban J connectivity index is 1.66. The van der Waals surface area contributed by atoms with Crippen LogP contribution in [0.5, 0.6) is 0 Å². The molecule has 0 bridgehead atoms. The third kappa shape index (κ3) is 7.61. The van der Waals surface area contributed by atoms with E-state index in [-0.39, 0.29) is 5.92 Å². The number of carbonyl (C=O) groups excluding carboxylic acids is 1. The molecule has 1 saturated heterocycles. The van der Waals surface area contributed by atoms with Gasteiger partial charge in [0.25, 0.3) is 0 Å². The lowest BCUT2D eigenvalue weighted by Gasteiger charge is -2.26. The minimum Gasteiger partial charge on any atom is -0.356 e. The average Bonchev–Trinajstić information content (AvgIpc) is 3.19. The van der Waals surface area contributed by atoms with Gasteiger partial charge in [-0.3, -0.25) is 9.79 Å². The van der Waals surface area contributed by atoms with E-state index in [0.29, 0.717) is 11.9 Å². The second-order valence-corrected chi connectivity index (χ2v) is 8.44. The highest BCUT2D eigenvalue weighted by Crippen LogP contribution is 2.26. The van der Waals surface area contributed by atoms with Gasteiger partial charge in [-0.05, 0) is 58.2 Å². The molecule has 2 aliphatic rings. The molecule has 6 heteroatoms. The Labute approximate surface area is 172 Å². The van der Waals surface area contributed by atoms with Crippen LogP contribution in [0.1, 0.15) is 71.6 Å². The summed E-state index contributed by atoms with van der Waals surface area (Å²) in [6, 6.07) is 0.315. The van der Waals surface area contributed by atoms with Gasteiger partial charge in [-0.25, -0.2) is 0 Å². The molecule has 2 rings (SSSR count). The molecule has 1 aliphatic carbocycles. The minimum atomic E-state index is 0.277. The monoisotopic (exact) mass is 393 g/mol. The van der Waals surface area contributed by atoms with Crippen LogP contribution < -0.4 is 10.6 Å². The number of hydrogen-bond acceptors (Lipinski definition) is 3. The summed E-state index contributed by atoms with van der Waals surface area (Å²) in [5.41, 5.74) is 0. The lowest BCUT2D eigenvalue weighted by molar-refractivity contribution is -0.135. The highest BCUT2D eigenvalue weighted by atomic mass is 16.2. The third-order valence-corrected chi connectivity index (χ3v) is 6.04. The molecule has 1 amide bonds. The quantitative estimate of drug-likeness (QED) is 0.340. The highest BCUT2D eigenvalue weighted by Gasteiger charge is 2.31. The van der Waals surface area contributed by atoms with Gasteiger partial charge in [-0.15, -0.1) is 0 Å². The van der Waals surface area contributed by atoms with Crippen molar-refractivity contribution < 1.29 is 4.79 Å². The molecule has 162 valence electrons. The molecular weight excluding hydrogens is 350 g/mol. The standard InChI is InChI=1S/C22H43N5O/c1-4-14-26(15-5-2)16-9-13-24-22(23-3)25-20-12-17-27(18-20)21(28)19-10-7-6-8-11-19/h19-20H,4-18H2,1-3H3,(H2,23,24,25). The van der Waals surface area contributed by atoms with Gasteiger partial charge in [-0.1, -0.05) is 33.1 Å². The van der Waals surface area contributed by atoms with Crippen LogP contribution >= 0.6 is 0 Å². The van der Waals surface area contributed by atoms with Crippen LogP contribution in [-0.2, 0) is 4.79 Å². The number of guanidine groups is 1. The highest BCUT2D eigenvalue weighted by molar-refractivity contribution is 5.81. The molecule has 2 N–H and O–H groups in total. The minimum absolute atomic E-state index is 0.277. The molecule has 1 aliphatic heterocycles. The van der Waals surface area contributed by atoms with Crippen molar-refractivity contribution in [2.45, 2.75) is 77.7 Å². The zero-order chi connectivity index (χ0) is 20.2. The molecule has 1 atom stereocenters. The second-order valence-electron chi connectivity index (χ2n) is 8.44. The van der Waals surface area contributed by atoms with Gasteiger partial charge in [0.15, 0.2) is 5.96 Å². The van der Waals surface area contributed by atoms with Gasteiger partial charge in [0, 0.05) is 38.6 Å². The Bertz CT molecular complexity index is 470. The fourth-order valence-corrected chi connectivity index (χ4v) is 4.55. The first-order valence-electron chi connectivity index (χ1n) is 11.7. The van der Waals surface area contributed by atoms with Crippen molar-refractivity contribution in [2.24, 2.45) is 10.9 Å². The van der Waals surface area contributed by atoms with Crippen LogP contribution in [0.15, 0.2) is 4.99 Å². The number of aliphatic imine (C=N–C) groups is 1. The zero-order valence-corrected chi connectivity index (χ0v) is 18.5. The number of rotatable bonds is 10. The second kappa shape index (κ2) is 13.0. The summed E-state index contributed by atoms with van der Waals surface area (Å²) in [4.78, 5) is 21.7. The van der Waals surface area contributed by atoms with Gasteiger partial charge in [0.05, 0.1) is 0 Å². The number of amides is 1. The number of likely N-dealkylation sites (tertiary alicyclic amines) is 1. The number of carbonyl (C=O) groups is 1. The van der Waals surface area contributed by atoms with Crippen molar-refractivity contribution in [1.82, 2.24) is 20.4 Å². The smallest absolute Gasteiger partial charge is 0.225 e. The maximum absolute atomic E-state index is 12.7. The third-order valence-electron chi connectivity index (χ3n) is 6.04. The van der Waals surface area contributed by atoms with Crippen LogP contribution in [0, 0.1) is 5.92 Å². The van der Waals surface area contributed by atoms with Crippen LogP contribution in [0.4, 0.5) is 0 Å². The molecule has 0 radical (unpaired) electrons. The van der Waals surface area contributed by atoms with Gasteiger partial charge < -0.3 is 20.4 Å². The van der Waals surface area contributed by atoms with Crippen LogP contribution in [-0.4, -0.2) is 74.0 Å². The Kier molecular flexibility index (Phi) is 10.7. The first-order chi connectivity index (χ1) is 13.7. The van der Waals surface area contributed by atoms with E-state index >= 15 is 0 Å². The van der Waals surface area contributed by atoms with Crippen molar-refractivity contribution in [3.63, 3.8) is 0 Å². The molecule has 1 saturated carbocycles. The largest absolute Gasteiger partial charge is 0.356 e. The van der Waals surface area contributed by atoms with Crippen LogP contribution in [0.2, 0.25) is 0 Å². The molecule has 0 spiro atoms. The van der Waals surface area contributed by atoms with Crippen molar-refractivity contribution in [1.29, 1.82) is 0 Å². The summed E-state index contributed by atoms with van der Waals surface area (Å²) < 4.78 is 0. The predicted octanol–water partition coefficient (Wildman–Crippen LogP) is 2.84. The van der Waals surface area contributed by atoms with E-state index in [4.69, 9.17) is 0 Å². The van der Waals surface area contributed by atoms with Gasteiger partial charge in [-0.2, -0.15) is 0 Å². The Morgan fingerprint density at radius 2 is 1.79 bits per heavy atom. The molecule has 1 heterocycles. The van der Waals surface area contributed by atoms with E-state index in [1.54, 1.807) is 0 Å². The van der Waals surface area contributed by atoms with E-state index in [1.165, 1.54) is 45.2 Å². The average molecular weight is 394 g/mol. The van der Waals surface area contributed by atoms with Gasteiger partial charge in [0.1, 0.15) is 0 Å². The number of hydrogen-bond donors (Lipinski definition) is 2. The number of nitrogens with one attached hydrogen (secondary N) is 2. The van der Waals surface area contributed by atoms with E-state index in [9.17, 15) is 4.79 Å². The lowest BCUT2D eigenvalue weighted by Crippen LogP contribution is -2.46. The predicted molar refractivity (Wildman–Crippen MR) is 118 cm³/mol. The fraction of sp³-hybridized carbons (Fsp3) is 0.909. The SMILES string of the molecule is CCCN(CCC)CCCNC(=NC)NC1CCN(C(=O)C2CCCCC2)C1. The van der Waals surface area contributed by atoms with E-state index in [2.05, 4.69) is 39.3 Å². The molecule has 6 nitrogen and oxygen atoms in total. The number of nitrogens with zero attached hydrogens (tertiary/aromatic N) is 3. The fourth-order valence-electron chi connectivity index (χ4n) is 4.55. The molecule has 28 heavy (non-hydrogen) atoms. The van der Waals surface area contributed by atoms with Crippen molar-refractivity contribution >= 4 is 11.9 Å². The molecule has 1 unspecified atom stereocenters. The van der Waals surface area contributed by atoms with E-state index < -0.39 is 0 Å². The van der Waals surface area contributed by atoms with Crippen LogP contribution in [0.25, 0.3) is 0 Å². The summed E-state index contributed by atoms with van der Waals surface area (Å²) in [6.07, 6.45) is 10.5. The first-order valence-corrected chi connectivity index (χ1v) is 11.7. The summed E-state index contributed by atoms with van der Waals surface area (Å²) in [6.45, 7) is 10.6. The Morgan fingerprint density at radius 1 is 1.07 bits per heavy atom. The van der Waals surface area contributed by atoms with Crippen molar-refractivity contribution in [3.8, 4) is 0 Å². The first kappa shape index (κ1) is 23.0. The summed E-state index contributed by atoms with van der Waals surface area (Å²) in [7, 11) is 1.83. The van der Waals surface area contributed by atoms with Gasteiger partial charge >= 0.3 is 0 Å². The van der Waals surface area contributed by atoms with Crippen LogP contribution in [0.3, 0.4) is 0 Å². The zero-order valence-electron chi connectivity index (χ0n) is 18.5. The topological polar surface area (TPSA) is 60.0 Å². The van der Waals surface area contributed by atoms with Gasteiger partial charge in [0.2, 0.25) is 5.91 Å². The van der Waals surface area contributed by atoms with Crippen molar-refractivity contribution in [2.75, 3.05) is 46.3 Å². The summed E-state index contributed by atoms with van der Waals surface area (Å²) >= 11 is 0. The van der Waals surface area contributed by atoms with E-state index in [1.807, 2.05) is 7.05 Å². The molecule has 2 fully saturated rings. The molecule has 0 aromatic carbocycles. The maximum Gasteiger partial charge on any atom is 0.225 e. The Morgan fingerprint density at radius 3 is 2.43 bits per heavy atom. The van der Waals surface area contributed by atoms with E-state index in [0.717, 1.165) is 57.8 Å². The Hall–Kier alpha value is -1.30. The molecule has 0 aromatic heterocycles. The summed E-state index contributed by atoms with van der Waals surface area (Å²) in [5.74, 6) is 1.53. The normalized spacial score (nSPS) is 21.4. The van der Waals surface area contributed by atoms with Crippen molar-refractivity contribution in [3.05, 3.63) is 0 Å². The summed E-state index contributed by atoms with van der Waals surface area (Å²) in [5, 5.41) is 6.98. The maximum atomic E-state index is 12.7. The lowest BCUT2D eigenvalue weighted by atomic mass is 9.88. The molecule has 0 aromatic rings. The molecular formula is C22H43N5O.